The van der Waals surface area contributed by atoms with Crippen molar-refractivity contribution >= 4 is 11.8 Å². The molecular weight excluding hydrogens is 216 g/mol. The largest absolute Gasteiger partial charge is 0.449 e. The number of benzene rings is 1. The van der Waals surface area contributed by atoms with Crippen molar-refractivity contribution in [1.29, 1.82) is 0 Å². The standard InChI is InChI=1S/C13H18N2O2/c1-5-17-13(16)15-14-11(4)12-7-6-9(2)8-10(12)3/h6-8H,5H2,1-4H3,(H,15,16). The molecule has 4 heteroatoms. The molecular formula is C13H18N2O2. The van der Waals surface area contributed by atoms with Gasteiger partial charge in [0.1, 0.15) is 0 Å². The maximum Gasteiger partial charge on any atom is 0.427 e. The van der Waals surface area contributed by atoms with E-state index in [9.17, 15) is 4.79 Å². The first-order valence-electron chi connectivity index (χ1n) is 5.59. The van der Waals surface area contributed by atoms with Crippen LogP contribution in [0.4, 0.5) is 4.79 Å². The second-order valence-corrected chi connectivity index (χ2v) is 3.85. The lowest BCUT2D eigenvalue weighted by Gasteiger charge is -2.07. The van der Waals surface area contributed by atoms with Gasteiger partial charge in [0.15, 0.2) is 0 Å². The van der Waals surface area contributed by atoms with E-state index in [4.69, 9.17) is 4.74 Å². The van der Waals surface area contributed by atoms with Crippen molar-refractivity contribution in [1.82, 2.24) is 5.43 Å². The predicted molar refractivity (Wildman–Crippen MR) is 68.3 cm³/mol. The summed E-state index contributed by atoms with van der Waals surface area (Å²) in [5, 5.41) is 4.00. The highest BCUT2D eigenvalue weighted by atomic mass is 16.5. The molecule has 0 radical (unpaired) electrons. The fraction of sp³-hybridized carbons (Fsp3) is 0.385. The van der Waals surface area contributed by atoms with E-state index in [-0.39, 0.29) is 0 Å². The first-order valence-corrected chi connectivity index (χ1v) is 5.59. The Bertz CT molecular complexity index is 439. The molecule has 1 aromatic carbocycles. The lowest BCUT2D eigenvalue weighted by Crippen LogP contribution is -2.20. The van der Waals surface area contributed by atoms with Gasteiger partial charge < -0.3 is 4.74 Å². The van der Waals surface area contributed by atoms with Gasteiger partial charge in [0.05, 0.1) is 12.3 Å². The van der Waals surface area contributed by atoms with Crippen LogP contribution in [-0.2, 0) is 4.74 Å². The minimum atomic E-state index is -0.531. The molecule has 92 valence electrons. The summed E-state index contributed by atoms with van der Waals surface area (Å²) in [5.41, 5.74) is 6.47. The molecule has 0 aliphatic carbocycles. The Hall–Kier alpha value is -1.84. The molecule has 1 amide bonds. The molecule has 0 spiro atoms. The molecule has 0 aliphatic rings. The van der Waals surface area contributed by atoms with E-state index in [0.717, 1.165) is 16.8 Å². The van der Waals surface area contributed by atoms with E-state index in [1.165, 1.54) is 5.56 Å². The second kappa shape index (κ2) is 6.03. The van der Waals surface area contributed by atoms with Gasteiger partial charge >= 0.3 is 6.09 Å². The van der Waals surface area contributed by atoms with Crippen LogP contribution >= 0.6 is 0 Å². The normalized spacial score (nSPS) is 11.2. The fourth-order valence-corrected chi connectivity index (χ4v) is 1.57. The smallest absolute Gasteiger partial charge is 0.427 e. The third kappa shape index (κ3) is 3.90. The number of nitrogens with one attached hydrogen (secondary N) is 1. The highest BCUT2D eigenvalue weighted by molar-refractivity contribution is 6.00. The van der Waals surface area contributed by atoms with E-state index in [1.807, 2.05) is 32.9 Å². The molecule has 1 aromatic rings. The molecule has 1 N–H and O–H groups in total. The number of hydrogen-bond acceptors (Lipinski definition) is 3. The zero-order valence-corrected chi connectivity index (χ0v) is 10.7. The van der Waals surface area contributed by atoms with Crippen LogP contribution in [-0.4, -0.2) is 18.4 Å². The summed E-state index contributed by atoms with van der Waals surface area (Å²) in [6, 6.07) is 6.10. The Labute approximate surface area is 102 Å². The third-order valence-corrected chi connectivity index (χ3v) is 2.36. The number of amides is 1. The van der Waals surface area contributed by atoms with Crippen LogP contribution in [0.1, 0.15) is 30.5 Å². The van der Waals surface area contributed by atoms with Crippen molar-refractivity contribution in [3.8, 4) is 0 Å². The monoisotopic (exact) mass is 234 g/mol. The molecule has 0 saturated heterocycles. The summed E-state index contributed by atoms with van der Waals surface area (Å²) in [6.07, 6.45) is -0.531. The maximum atomic E-state index is 11.1. The van der Waals surface area contributed by atoms with Crippen LogP contribution < -0.4 is 5.43 Å². The van der Waals surface area contributed by atoms with E-state index in [2.05, 4.69) is 16.6 Å². The van der Waals surface area contributed by atoms with Gasteiger partial charge in [-0.25, -0.2) is 10.2 Å². The van der Waals surface area contributed by atoms with Crippen LogP contribution in [0.25, 0.3) is 0 Å². The fourth-order valence-electron chi connectivity index (χ4n) is 1.57. The number of carbonyl (C=O) groups is 1. The summed E-state index contributed by atoms with van der Waals surface area (Å²) in [4.78, 5) is 11.1. The Morgan fingerprint density at radius 2 is 2.12 bits per heavy atom. The summed E-state index contributed by atoms with van der Waals surface area (Å²) in [5.74, 6) is 0. The molecule has 0 atom stereocenters. The number of aryl methyl sites for hydroxylation is 2. The second-order valence-electron chi connectivity index (χ2n) is 3.85. The average molecular weight is 234 g/mol. The molecule has 1 rings (SSSR count). The minimum absolute atomic E-state index is 0.337. The first-order chi connectivity index (χ1) is 8.04. The first kappa shape index (κ1) is 13.2. The zero-order chi connectivity index (χ0) is 12.8. The molecule has 0 bridgehead atoms. The number of nitrogens with zero attached hydrogens (tertiary/aromatic N) is 1. The molecule has 17 heavy (non-hydrogen) atoms. The van der Waals surface area contributed by atoms with Crippen LogP contribution in [0.5, 0.6) is 0 Å². The van der Waals surface area contributed by atoms with Gasteiger partial charge in [0.2, 0.25) is 0 Å². The van der Waals surface area contributed by atoms with Gasteiger partial charge in [0.25, 0.3) is 0 Å². The number of rotatable bonds is 3. The summed E-state index contributed by atoms with van der Waals surface area (Å²) < 4.78 is 4.72. The van der Waals surface area contributed by atoms with Crippen LogP contribution in [0, 0.1) is 13.8 Å². The number of carbonyl (C=O) groups excluding carboxylic acids is 1. The zero-order valence-electron chi connectivity index (χ0n) is 10.7. The number of hydrazone groups is 1. The molecule has 0 aromatic heterocycles. The lowest BCUT2D eigenvalue weighted by molar-refractivity contribution is 0.152. The molecule has 0 aliphatic heterocycles. The van der Waals surface area contributed by atoms with E-state index >= 15 is 0 Å². The highest BCUT2D eigenvalue weighted by Crippen LogP contribution is 2.11. The van der Waals surface area contributed by atoms with Crippen molar-refractivity contribution in [2.45, 2.75) is 27.7 Å². The van der Waals surface area contributed by atoms with Crippen LogP contribution in [0.15, 0.2) is 23.3 Å². The summed E-state index contributed by atoms with van der Waals surface area (Å²) in [7, 11) is 0. The van der Waals surface area contributed by atoms with Crippen LogP contribution in [0.3, 0.4) is 0 Å². The van der Waals surface area contributed by atoms with Crippen molar-refractivity contribution in [2.24, 2.45) is 5.10 Å². The Kier molecular flexibility index (Phi) is 4.69. The van der Waals surface area contributed by atoms with E-state index in [0.29, 0.717) is 6.61 Å². The quantitative estimate of drug-likeness (QED) is 0.645. The van der Waals surface area contributed by atoms with Gasteiger partial charge in [0, 0.05) is 5.56 Å². The van der Waals surface area contributed by atoms with Crippen molar-refractivity contribution in [2.75, 3.05) is 6.61 Å². The van der Waals surface area contributed by atoms with Gasteiger partial charge in [-0.15, -0.1) is 0 Å². The number of hydrogen-bond donors (Lipinski definition) is 1. The van der Waals surface area contributed by atoms with E-state index in [1.54, 1.807) is 6.92 Å². The van der Waals surface area contributed by atoms with Gasteiger partial charge in [-0.2, -0.15) is 5.10 Å². The van der Waals surface area contributed by atoms with Crippen molar-refractivity contribution in [3.63, 3.8) is 0 Å². The maximum absolute atomic E-state index is 11.1. The SMILES string of the molecule is CCOC(=O)NN=C(C)c1ccc(C)cc1C. The molecule has 4 nitrogen and oxygen atoms in total. The number of ether oxygens (including phenoxy) is 1. The predicted octanol–water partition coefficient (Wildman–Crippen LogP) is 2.77. The van der Waals surface area contributed by atoms with Crippen molar-refractivity contribution < 1.29 is 9.53 Å². The van der Waals surface area contributed by atoms with Crippen LogP contribution in [0.2, 0.25) is 0 Å². The topological polar surface area (TPSA) is 50.7 Å². The Morgan fingerprint density at radius 3 is 2.71 bits per heavy atom. The van der Waals surface area contributed by atoms with E-state index < -0.39 is 6.09 Å². The van der Waals surface area contributed by atoms with Gasteiger partial charge in [-0.3, -0.25) is 0 Å². The van der Waals surface area contributed by atoms with Gasteiger partial charge in [-0.05, 0) is 33.3 Å². The Balaban J connectivity index is 2.78. The molecule has 0 unspecified atom stereocenters. The molecule has 0 fully saturated rings. The summed E-state index contributed by atoms with van der Waals surface area (Å²) in [6.45, 7) is 8.00. The molecule has 0 saturated carbocycles. The summed E-state index contributed by atoms with van der Waals surface area (Å²) >= 11 is 0. The minimum Gasteiger partial charge on any atom is -0.449 e. The highest BCUT2D eigenvalue weighted by Gasteiger charge is 2.03. The third-order valence-electron chi connectivity index (χ3n) is 2.36. The lowest BCUT2D eigenvalue weighted by atomic mass is 10.0. The van der Waals surface area contributed by atoms with Crippen molar-refractivity contribution in [3.05, 3.63) is 34.9 Å². The molecule has 0 heterocycles. The Morgan fingerprint density at radius 1 is 1.41 bits per heavy atom. The van der Waals surface area contributed by atoms with Gasteiger partial charge in [-0.1, -0.05) is 23.8 Å². The average Bonchev–Trinajstić information content (AvgIpc) is 2.26.